The fourth-order valence-electron chi connectivity index (χ4n) is 2.48. The number of fused-ring (bicyclic) bond motifs is 1. The Bertz CT molecular complexity index is 899. The van der Waals surface area contributed by atoms with Gasteiger partial charge in [0.05, 0.1) is 12.3 Å². The zero-order chi connectivity index (χ0) is 17.6. The molecule has 0 saturated carbocycles. The standard InChI is InChI=1S/C21H20N2O2/c1-15(2)25-20-11-9-18(10-12-20)21(24)23-22-14-16-7-8-17-5-3-4-6-19(17)13-16/h3-15H,1-2H3,(H,23,24)/b22-14-. The average Bonchev–Trinajstić information content (AvgIpc) is 2.61. The molecule has 0 aliphatic heterocycles. The Labute approximate surface area is 147 Å². The second-order valence-corrected chi connectivity index (χ2v) is 6.00. The molecule has 0 bridgehead atoms. The molecule has 0 saturated heterocycles. The predicted octanol–water partition coefficient (Wildman–Crippen LogP) is 4.39. The van der Waals surface area contributed by atoms with Crippen LogP contribution in [0.25, 0.3) is 10.8 Å². The molecule has 0 aromatic heterocycles. The summed E-state index contributed by atoms with van der Waals surface area (Å²) in [5, 5.41) is 6.35. The maximum absolute atomic E-state index is 12.1. The van der Waals surface area contributed by atoms with Gasteiger partial charge in [-0.15, -0.1) is 0 Å². The molecule has 0 heterocycles. The van der Waals surface area contributed by atoms with Gasteiger partial charge in [0.15, 0.2) is 0 Å². The minimum atomic E-state index is -0.256. The smallest absolute Gasteiger partial charge is 0.271 e. The van der Waals surface area contributed by atoms with E-state index in [0.29, 0.717) is 5.56 Å². The molecule has 0 fully saturated rings. The normalized spacial score (nSPS) is 11.2. The monoisotopic (exact) mass is 332 g/mol. The van der Waals surface area contributed by atoms with Gasteiger partial charge in [-0.25, -0.2) is 5.43 Å². The summed E-state index contributed by atoms with van der Waals surface area (Å²) in [6.07, 6.45) is 1.74. The van der Waals surface area contributed by atoms with Crippen molar-refractivity contribution in [1.82, 2.24) is 5.43 Å². The summed E-state index contributed by atoms with van der Waals surface area (Å²) in [5.74, 6) is 0.486. The van der Waals surface area contributed by atoms with Crippen molar-refractivity contribution in [2.45, 2.75) is 20.0 Å². The molecule has 4 heteroatoms. The molecule has 3 rings (SSSR count). The molecule has 0 radical (unpaired) electrons. The van der Waals surface area contributed by atoms with Gasteiger partial charge in [0.25, 0.3) is 5.91 Å². The second kappa shape index (κ2) is 7.62. The Morgan fingerprint density at radius 3 is 2.44 bits per heavy atom. The Morgan fingerprint density at radius 1 is 1.00 bits per heavy atom. The maximum Gasteiger partial charge on any atom is 0.271 e. The highest BCUT2D eigenvalue weighted by Crippen LogP contribution is 2.15. The summed E-state index contributed by atoms with van der Waals surface area (Å²) < 4.78 is 5.56. The van der Waals surface area contributed by atoms with Crippen LogP contribution in [0.15, 0.2) is 71.8 Å². The Balaban J connectivity index is 1.63. The molecule has 0 aliphatic carbocycles. The number of amides is 1. The van der Waals surface area contributed by atoms with E-state index >= 15 is 0 Å². The third kappa shape index (κ3) is 4.44. The number of hydrogen-bond donors (Lipinski definition) is 1. The number of nitrogens with zero attached hydrogens (tertiary/aromatic N) is 1. The van der Waals surface area contributed by atoms with Crippen molar-refractivity contribution in [2.75, 3.05) is 0 Å². The Morgan fingerprint density at radius 2 is 1.72 bits per heavy atom. The van der Waals surface area contributed by atoms with Crippen LogP contribution < -0.4 is 10.2 Å². The lowest BCUT2D eigenvalue weighted by molar-refractivity contribution is 0.0955. The first-order valence-corrected chi connectivity index (χ1v) is 8.21. The lowest BCUT2D eigenvalue weighted by Crippen LogP contribution is -2.17. The van der Waals surface area contributed by atoms with Gasteiger partial charge in [0, 0.05) is 5.56 Å². The molecule has 0 spiro atoms. The van der Waals surface area contributed by atoms with E-state index in [1.807, 2.05) is 50.2 Å². The van der Waals surface area contributed by atoms with Crippen LogP contribution in [0, 0.1) is 0 Å². The molecule has 0 unspecified atom stereocenters. The summed E-state index contributed by atoms with van der Waals surface area (Å²) in [6, 6.07) is 21.1. The molecule has 0 atom stereocenters. The van der Waals surface area contributed by atoms with Crippen molar-refractivity contribution in [2.24, 2.45) is 5.10 Å². The highest BCUT2D eigenvalue weighted by molar-refractivity contribution is 5.95. The maximum atomic E-state index is 12.1. The van der Waals surface area contributed by atoms with Crippen LogP contribution in [-0.2, 0) is 0 Å². The first-order valence-electron chi connectivity index (χ1n) is 8.21. The molecule has 3 aromatic rings. The minimum absolute atomic E-state index is 0.103. The topological polar surface area (TPSA) is 50.7 Å². The highest BCUT2D eigenvalue weighted by atomic mass is 16.5. The molecule has 3 aromatic carbocycles. The van der Waals surface area contributed by atoms with E-state index in [1.165, 1.54) is 5.39 Å². The Hall–Kier alpha value is -3.14. The third-order valence-corrected chi connectivity index (χ3v) is 3.64. The van der Waals surface area contributed by atoms with E-state index in [4.69, 9.17) is 4.74 Å². The number of rotatable bonds is 5. The fraction of sp³-hybridized carbons (Fsp3) is 0.143. The van der Waals surface area contributed by atoms with Gasteiger partial charge in [-0.3, -0.25) is 4.79 Å². The number of benzene rings is 3. The van der Waals surface area contributed by atoms with Crippen molar-refractivity contribution in [3.05, 3.63) is 77.9 Å². The summed E-state index contributed by atoms with van der Waals surface area (Å²) in [6.45, 7) is 3.92. The number of ether oxygens (including phenoxy) is 1. The molecular weight excluding hydrogens is 312 g/mol. The highest BCUT2D eigenvalue weighted by Gasteiger charge is 2.05. The Kier molecular flexibility index (Phi) is 5.09. The quantitative estimate of drug-likeness (QED) is 0.556. The molecule has 1 N–H and O–H groups in total. The van der Waals surface area contributed by atoms with Gasteiger partial charge in [0.2, 0.25) is 0 Å². The van der Waals surface area contributed by atoms with E-state index in [2.05, 4.69) is 16.6 Å². The molecule has 4 nitrogen and oxygen atoms in total. The zero-order valence-corrected chi connectivity index (χ0v) is 14.3. The summed E-state index contributed by atoms with van der Waals surface area (Å²) in [4.78, 5) is 12.1. The lowest BCUT2D eigenvalue weighted by Gasteiger charge is -2.09. The van der Waals surface area contributed by atoms with Crippen molar-refractivity contribution < 1.29 is 9.53 Å². The van der Waals surface area contributed by atoms with Crippen LogP contribution in [-0.4, -0.2) is 18.2 Å². The number of nitrogens with one attached hydrogen (secondary N) is 1. The van der Waals surface area contributed by atoms with Crippen molar-refractivity contribution in [3.8, 4) is 5.75 Å². The second-order valence-electron chi connectivity index (χ2n) is 6.00. The zero-order valence-electron chi connectivity index (χ0n) is 14.3. The van der Waals surface area contributed by atoms with Gasteiger partial charge in [-0.05, 0) is 60.5 Å². The van der Waals surface area contributed by atoms with E-state index in [9.17, 15) is 4.79 Å². The van der Waals surface area contributed by atoms with Crippen LogP contribution in [0.1, 0.15) is 29.8 Å². The predicted molar refractivity (Wildman–Crippen MR) is 101 cm³/mol. The molecule has 1 amide bonds. The number of hydrogen-bond acceptors (Lipinski definition) is 3. The first-order chi connectivity index (χ1) is 12.1. The van der Waals surface area contributed by atoms with E-state index in [0.717, 1.165) is 16.7 Å². The average molecular weight is 332 g/mol. The first kappa shape index (κ1) is 16.7. The van der Waals surface area contributed by atoms with Gasteiger partial charge in [-0.2, -0.15) is 5.10 Å². The van der Waals surface area contributed by atoms with Gasteiger partial charge in [-0.1, -0.05) is 36.4 Å². The summed E-state index contributed by atoms with van der Waals surface area (Å²) in [7, 11) is 0. The van der Waals surface area contributed by atoms with Gasteiger partial charge in [0.1, 0.15) is 5.75 Å². The van der Waals surface area contributed by atoms with E-state index < -0.39 is 0 Å². The van der Waals surface area contributed by atoms with Crippen LogP contribution in [0.4, 0.5) is 0 Å². The van der Waals surface area contributed by atoms with Crippen molar-refractivity contribution in [3.63, 3.8) is 0 Å². The van der Waals surface area contributed by atoms with Crippen molar-refractivity contribution >= 4 is 22.9 Å². The molecule has 126 valence electrons. The third-order valence-electron chi connectivity index (χ3n) is 3.64. The fourth-order valence-corrected chi connectivity index (χ4v) is 2.48. The van der Waals surface area contributed by atoms with Crippen LogP contribution >= 0.6 is 0 Å². The number of hydrazone groups is 1. The van der Waals surface area contributed by atoms with E-state index in [1.54, 1.807) is 30.5 Å². The number of carbonyl (C=O) groups excluding carboxylic acids is 1. The summed E-state index contributed by atoms with van der Waals surface area (Å²) in [5.41, 5.74) is 4.01. The van der Waals surface area contributed by atoms with E-state index in [-0.39, 0.29) is 12.0 Å². The largest absolute Gasteiger partial charge is 0.491 e. The molecular formula is C21H20N2O2. The molecule has 0 aliphatic rings. The summed E-state index contributed by atoms with van der Waals surface area (Å²) >= 11 is 0. The number of carbonyl (C=O) groups is 1. The van der Waals surface area contributed by atoms with Gasteiger partial charge >= 0.3 is 0 Å². The lowest BCUT2D eigenvalue weighted by atomic mass is 10.1. The SMILES string of the molecule is CC(C)Oc1ccc(C(=O)N/N=C\c2ccc3ccccc3c2)cc1. The van der Waals surface area contributed by atoms with Crippen LogP contribution in [0.3, 0.4) is 0 Å². The van der Waals surface area contributed by atoms with Crippen LogP contribution in [0.2, 0.25) is 0 Å². The van der Waals surface area contributed by atoms with Gasteiger partial charge < -0.3 is 4.74 Å². The molecule has 25 heavy (non-hydrogen) atoms. The van der Waals surface area contributed by atoms with Crippen molar-refractivity contribution in [1.29, 1.82) is 0 Å². The van der Waals surface area contributed by atoms with Crippen LogP contribution in [0.5, 0.6) is 5.75 Å². The minimum Gasteiger partial charge on any atom is -0.491 e.